The number of fused-ring (bicyclic) bond motifs is 1. The van der Waals surface area contributed by atoms with Gasteiger partial charge in [-0.25, -0.2) is 9.67 Å². The summed E-state index contributed by atoms with van der Waals surface area (Å²) in [5.41, 5.74) is 2.79. The second-order valence-electron chi connectivity index (χ2n) is 5.65. The van der Waals surface area contributed by atoms with E-state index < -0.39 is 0 Å². The molecule has 0 N–H and O–H groups in total. The number of furan rings is 1. The van der Waals surface area contributed by atoms with E-state index in [0.717, 1.165) is 39.6 Å². The molecule has 0 saturated heterocycles. The van der Waals surface area contributed by atoms with E-state index in [2.05, 4.69) is 5.10 Å². The van der Waals surface area contributed by atoms with E-state index in [0.29, 0.717) is 6.54 Å². The maximum Gasteiger partial charge on any atom is 0.158 e. The summed E-state index contributed by atoms with van der Waals surface area (Å²) in [4.78, 5) is 4.78. The molecule has 0 fully saturated rings. The molecule has 0 atom stereocenters. The van der Waals surface area contributed by atoms with Crippen molar-refractivity contribution in [3.63, 3.8) is 0 Å². The zero-order valence-electron chi connectivity index (χ0n) is 13.6. The van der Waals surface area contributed by atoms with Crippen LogP contribution in [0.4, 0.5) is 0 Å². The van der Waals surface area contributed by atoms with E-state index in [1.807, 2.05) is 66.3 Å². The Bertz CT molecular complexity index is 983. The summed E-state index contributed by atoms with van der Waals surface area (Å²) in [5.74, 6) is 2.60. The number of hydrogen-bond donors (Lipinski definition) is 0. The zero-order chi connectivity index (χ0) is 16.5. The van der Waals surface area contributed by atoms with Crippen molar-refractivity contribution < 1.29 is 9.15 Å². The van der Waals surface area contributed by atoms with Crippen molar-refractivity contribution in [3.8, 4) is 17.0 Å². The number of ether oxygens (including phenoxy) is 1. The second-order valence-corrected chi connectivity index (χ2v) is 5.65. The predicted octanol–water partition coefficient (Wildman–Crippen LogP) is 4.06. The number of rotatable bonds is 4. The summed E-state index contributed by atoms with van der Waals surface area (Å²) < 4.78 is 12.7. The molecule has 3 aromatic heterocycles. The first-order valence-electron chi connectivity index (χ1n) is 7.75. The van der Waals surface area contributed by atoms with E-state index in [9.17, 15) is 0 Å². The Morgan fingerprint density at radius 3 is 2.58 bits per heavy atom. The topological polar surface area (TPSA) is 53.1 Å². The first-order chi connectivity index (χ1) is 11.7. The number of aryl methyl sites for hydroxylation is 1. The lowest BCUT2D eigenvalue weighted by Crippen LogP contribution is -2.02. The largest absolute Gasteiger partial charge is 0.497 e. The van der Waals surface area contributed by atoms with E-state index in [1.165, 1.54) is 0 Å². The number of hydrogen-bond acceptors (Lipinski definition) is 4. The lowest BCUT2D eigenvalue weighted by Gasteiger charge is -2.05. The van der Waals surface area contributed by atoms with Crippen LogP contribution in [0.1, 0.15) is 11.5 Å². The quantitative estimate of drug-likeness (QED) is 0.569. The third kappa shape index (κ3) is 2.65. The fourth-order valence-electron chi connectivity index (χ4n) is 2.71. The van der Waals surface area contributed by atoms with Gasteiger partial charge in [0.05, 0.1) is 19.0 Å². The summed E-state index contributed by atoms with van der Waals surface area (Å²) in [6, 6.07) is 15.8. The molecule has 0 aliphatic carbocycles. The molecule has 0 aliphatic rings. The van der Waals surface area contributed by atoms with Gasteiger partial charge in [0.25, 0.3) is 0 Å². The second kappa shape index (κ2) is 5.85. The SMILES string of the molecule is COc1ccc(-c2ccc3cnn(Cc4ccc(C)o4)c3n2)cc1. The average molecular weight is 319 g/mol. The minimum absolute atomic E-state index is 0.566. The van der Waals surface area contributed by atoms with Crippen LogP contribution >= 0.6 is 0 Å². The number of aromatic nitrogens is 3. The van der Waals surface area contributed by atoms with Gasteiger partial charge in [0.15, 0.2) is 5.65 Å². The van der Waals surface area contributed by atoms with Gasteiger partial charge in [0.2, 0.25) is 0 Å². The van der Waals surface area contributed by atoms with Gasteiger partial charge >= 0.3 is 0 Å². The number of benzene rings is 1. The van der Waals surface area contributed by atoms with Crippen LogP contribution in [0.2, 0.25) is 0 Å². The van der Waals surface area contributed by atoms with Crippen LogP contribution in [0.5, 0.6) is 5.75 Å². The first-order valence-corrected chi connectivity index (χ1v) is 7.75. The zero-order valence-corrected chi connectivity index (χ0v) is 13.6. The average Bonchev–Trinajstić information content (AvgIpc) is 3.21. The smallest absolute Gasteiger partial charge is 0.158 e. The van der Waals surface area contributed by atoms with Crippen molar-refractivity contribution in [2.75, 3.05) is 7.11 Å². The number of pyridine rings is 1. The van der Waals surface area contributed by atoms with Crippen molar-refractivity contribution in [2.24, 2.45) is 0 Å². The molecule has 0 radical (unpaired) electrons. The van der Waals surface area contributed by atoms with E-state index in [4.69, 9.17) is 14.1 Å². The van der Waals surface area contributed by atoms with Gasteiger partial charge < -0.3 is 9.15 Å². The highest BCUT2D eigenvalue weighted by Gasteiger charge is 2.09. The molecular weight excluding hydrogens is 302 g/mol. The first kappa shape index (κ1) is 14.5. The lowest BCUT2D eigenvalue weighted by molar-refractivity contribution is 0.415. The molecule has 24 heavy (non-hydrogen) atoms. The Morgan fingerprint density at radius 1 is 1.04 bits per heavy atom. The highest BCUT2D eigenvalue weighted by Crippen LogP contribution is 2.23. The van der Waals surface area contributed by atoms with E-state index >= 15 is 0 Å². The molecule has 4 rings (SSSR count). The van der Waals surface area contributed by atoms with Crippen LogP contribution in [0.15, 0.2) is 59.1 Å². The Kier molecular flexibility index (Phi) is 3.54. The van der Waals surface area contributed by atoms with Gasteiger partial charge in [0.1, 0.15) is 23.8 Å². The normalized spacial score (nSPS) is 11.1. The molecule has 0 spiro atoms. The monoisotopic (exact) mass is 319 g/mol. The number of nitrogens with zero attached hydrogens (tertiary/aromatic N) is 3. The van der Waals surface area contributed by atoms with Gasteiger partial charge in [-0.3, -0.25) is 0 Å². The fourth-order valence-corrected chi connectivity index (χ4v) is 2.71. The summed E-state index contributed by atoms with van der Waals surface area (Å²) in [7, 11) is 1.66. The Labute approximate surface area is 139 Å². The van der Waals surface area contributed by atoms with Crippen molar-refractivity contribution in [1.29, 1.82) is 0 Å². The molecule has 120 valence electrons. The standard InChI is InChI=1S/C19H17N3O2/c1-13-3-7-17(24-13)12-22-19-15(11-20-22)6-10-18(21-19)14-4-8-16(23-2)9-5-14/h3-11H,12H2,1-2H3. The maximum atomic E-state index is 5.64. The van der Waals surface area contributed by atoms with Crippen molar-refractivity contribution in [3.05, 3.63) is 66.2 Å². The Balaban J connectivity index is 1.72. The molecule has 0 saturated carbocycles. The highest BCUT2D eigenvalue weighted by atomic mass is 16.5. The predicted molar refractivity (Wildman–Crippen MR) is 92.1 cm³/mol. The molecule has 0 bridgehead atoms. The molecule has 5 heteroatoms. The van der Waals surface area contributed by atoms with E-state index in [1.54, 1.807) is 7.11 Å². The van der Waals surface area contributed by atoms with Gasteiger partial charge in [-0.15, -0.1) is 0 Å². The minimum atomic E-state index is 0.566. The molecule has 0 unspecified atom stereocenters. The minimum Gasteiger partial charge on any atom is -0.497 e. The summed E-state index contributed by atoms with van der Waals surface area (Å²) in [6.07, 6.45) is 1.83. The number of methoxy groups -OCH3 is 1. The van der Waals surface area contributed by atoms with Crippen LogP contribution < -0.4 is 4.74 Å². The van der Waals surface area contributed by atoms with Crippen LogP contribution in [-0.2, 0) is 6.54 Å². The third-order valence-electron chi connectivity index (χ3n) is 3.97. The van der Waals surface area contributed by atoms with Gasteiger partial charge in [0, 0.05) is 10.9 Å². The highest BCUT2D eigenvalue weighted by molar-refractivity contribution is 5.78. The molecule has 0 amide bonds. The van der Waals surface area contributed by atoms with Gasteiger partial charge in [-0.1, -0.05) is 0 Å². The maximum absolute atomic E-state index is 5.64. The van der Waals surface area contributed by atoms with Gasteiger partial charge in [-0.2, -0.15) is 5.10 Å². The van der Waals surface area contributed by atoms with Crippen molar-refractivity contribution >= 4 is 11.0 Å². The summed E-state index contributed by atoms with van der Waals surface area (Å²) in [6.45, 7) is 2.50. The Morgan fingerprint density at radius 2 is 1.88 bits per heavy atom. The molecule has 3 heterocycles. The van der Waals surface area contributed by atoms with E-state index in [-0.39, 0.29) is 0 Å². The van der Waals surface area contributed by atoms with Gasteiger partial charge in [-0.05, 0) is 55.5 Å². The summed E-state index contributed by atoms with van der Waals surface area (Å²) >= 11 is 0. The molecular formula is C19H17N3O2. The van der Waals surface area contributed by atoms with Crippen LogP contribution in [0.3, 0.4) is 0 Å². The lowest BCUT2D eigenvalue weighted by atomic mass is 10.1. The third-order valence-corrected chi connectivity index (χ3v) is 3.97. The van der Waals surface area contributed by atoms with Crippen molar-refractivity contribution in [2.45, 2.75) is 13.5 Å². The van der Waals surface area contributed by atoms with Crippen LogP contribution in [0, 0.1) is 6.92 Å². The molecule has 1 aromatic carbocycles. The molecule has 4 aromatic rings. The van der Waals surface area contributed by atoms with Crippen LogP contribution in [0.25, 0.3) is 22.3 Å². The van der Waals surface area contributed by atoms with Crippen molar-refractivity contribution in [1.82, 2.24) is 14.8 Å². The molecule has 5 nitrogen and oxygen atoms in total. The summed E-state index contributed by atoms with van der Waals surface area (Å²) in [5, 5.41) is 5.45. The van der Waals surface area contributed by atoms with Crippen LogP contribution in [-0.4, -0.2) is 21.9 Å². The fraction of sp³-hybridized carbons (Fsp3) is 0.158. The Hall–Kier alpha value is -3.08. The molecule has 0 aliphatic heterocycles.